The van der Waals surface area contributed by atoms with Crippen molar-refractivity contribution in [1.82, 2.24) is 0 Å². The van der Waals surface area contributed by atoms with Gasteiger partial charge in [0.05, 0.1) is 0 Å². The number of nitrogens with one attached hydrogen (secondary N) is 1. The van der Waals surface area contributed by atoms with E-state index in [9.17, 15) is 4.39 Å². The predicted octanol–water partition coefficient (Wildman–Crippen LogP) is 2.93. The maximum absolute atomic E-state index is 13.5. The Labute approximate surface area is 72.6 Å². The van der Waals surface area contributed by atoms with E-state index in [4.69, 9.17) is 0 Å². The van der Waals surface area contributed by atoms with Crippen molar-refractivity contribution in [2.75, 3.05) is 12.4 Å². The van der Waals surface area contributed by atoms with Gasteiger partial charge in [-0.3, -0.25) is 0 Å². The largest absolute Gasteiger partial charge is 0.388 e. The van der Waals surface area contributed by atoms with Crippen LogP contribution in [0.3, 0.4) is 0 Å². The van der Waals surface area contributed by atoms with E-state index in [1.807, 2.05) is 18.2 Å². The summed E-state index contributed by atoms with van der Waals surface area (Å²) in [5.74, 6) is 0. The number of anilines is 1. The predicted molar refractivity (Wildman–Crippen MR) is 50.1 cm³/mol. The number of rotatable bonds is 2. The third-order valence-electron chi connectivity index (χ3n) is 1.84. The van der Waals surface area contributed by atoms with Gasteiger partial charge in [-0.1, -0.05) is 18.2 Å². The summed E-state index contributed by atoms with van der Waals surface area (Å²) in [5.41, 5.74) is 0.275. The van der Waals surface area contributed by atoms with Crippen molar-refractivity contribution in [3.63, 3.8) is 0 Å². The standard InChI is InChI=1S/C10H14FN/c1-10(2,11)8-6-4-5-7-9(8)12-3/h4-7,12H,1-3H3. The van der Waals surface area contributed by atoms with Crippen LogP contribution in [0.5, 0.6) is 0 Å². The summed E-state index contributed by atoms with van der Waals surface area (Å²) in [7, 11) is 1.80. The summed E-state index contributed by atoms with van der Waals surface area (Å²) in [6.07, 6.45) is 0. The molecule has 1 nitrogen and oxygen atoms in total. The minimum atomic E-state index is -1.28. The zero-order chi connectivity index (χ0) is 9.19. The fourth-order valence-electron chi connectivity index (χ4n) is 1.22. The molecule has 66 valence electrons. The molecule has 0 saturated heterocycles. The molecule has 0 amide bonds. The van der Waals surface area contributed by atoms with Gasteiger partial charge in [0, 0.05) is 18.3 Å². The molecule has 1 N–H and O–H groups in total. The fourth-order valence-corrected chi connectivity index (χ4v) is 1.22. The van der Waals surface area contributed by atoms with Crippen molar-refractivity contribution >= 4 is 5.69 Å². The Kier molecular flexibility index (Phi) is 2.36. The van der Waals surface area contributed by atoms with Gasteiger partial charge in [0.25, 0.3) is 0 Å². The minimum Gasteiger partial charge on any atom is -0.388 e. The van der Waals surface area contributed by atoms with Crippen molar-refractivity contribution in [3.8, 4) is 0 Å². The molecule has 0 aromatic heterocycles. The van der Waals surface area contributed by atoms with E-state index >= 15 is 0 Å². The fraction of sp³-hybridized carbons (Fsp3) is 0.400. The Morgan fingerprint density at radius 3 is 2.25 bits per heavy atom. The van der Waals surface area contributed by atoms with Crippen LogP contribution in [-0.4, -0.2) is 7.05 Å². The summed E-state index contributed by atoms with van der Waals surface area (Å²) in [6.45, 7) is 3.12. The Balaban J connectivity index is 3.14. The van der Waals surface area contributed by atoms with Gasteiger partial charge in [0.15, 0.2) is 0 Å². The second-order valence-corrected chi connectivity index (χ2v) is 3.27. The van der Waals surface area contributed by atoms with Crippen molar-refractivity contribution < 1.29 is 4.39 Å². The van der Waals surface area contributed by atoms with Crippen LogP contribution >= 0.6 is 0 Å². The zero-order valence-corrected chi connectivity index (χ0v) is 7.69. The lowest BCUT2D eigenvalue weighted by Crippen LogP contribution is -2.11. The lowest BCUT2D eigenvalue weighted by atomic mass is 9.98. The Morgan fingerprint density at radius 1 is 1.25 bits per heavy atom. The molecule has 0 spiro atoms. The van der Waals surface area contributed by atoms with E-state index in [-0.39, 0.29) is 0 Å². The summed E-state index contributed by atoms with van der Waals surface area (Å²) < 4.78 is 13.5. The second-order valence-electron chi connectivity index (χ2n) is 3.27. The molecule has 0 aliphatic rings. The van der Waals surface area contributed by atoms with Crippen LogP contribution in [0.4, 0.5) is 10.1 Å². The molecule has 0 bridgehead atoms. The number of halogens is 1. The first kappa shape index (κ1) is 9.04. The van der Waals surface area contributed by atoms with Crippen LogP contribution in [0, 0.1) is 0 Å². The van der Waals surface area contributed by atoms with Crippen molar-refractivity contribution in [2.45, 2.75) is 19.5 Å². The summed E-state index contributed by atoms with van der Waals surface area (Å²) in [6, 6.07) is 7.40. The Bertz CT molecular complexity index is 263. The normalized spacial score (nSPS) is 11.3. The van der Waals surface area contributed by atoms with Crippen LogP contribution in [0.2, 0.25) is 0 Å². The van der Waals surface area contributed by atoms with Gasteiger partial charge in [-0.05, 0) is 19.9 Å². The summed E-state index contributed by atoms with van der Waals surface area (Å²) in [4.78, 5) is 0. The molecule has 0 heterocycles. The first-order chi connectivity index (χ1) is 5.55. The molecule has 1 aromatic carbocycles. The van der Waals surface area contributed by atoms with E-state index in [1.165, 1.54) is 0 Å². The molecule has 0 saturated carbocycles. The maximum Gasteiger partial charge on any atom is 0.132 e. The minimum absolute atomic E-state index is 0.701. The van der Waals surface area contributed by atoms with E-state index in [0.717, 1.165) is 5.69 Å². The van der Waals surface area contributed by atoms with Crippen molar-refractivity contribution in [1.29, 1.82) is 0 Å². The van der Waals surface area contributed by atoms with Gasteiger partial charge in [-0.25, -0.2) is 4.39 Å². The molecule has 2 heteroatoms. The van der Waals surface area contributed by atoms with E-state index in [1.54, 1.807) is 27.0 Å². The lowest BCUT2D eigenvalue weighted by molar-refractivity contribution is 0.222. The molecule has 1 aromatic rings. The third-order valence-corrected chi connectivity index (χ3v) is 1.84. The highest BCUT2D eigenvalue weighted by Crippen LogP contribution is 2.30. The highest BCUT2D eigenvalue weighted by molar-refractivity contribution is 5.52. The van der Waals surface area contributed by atoms with Gasteiger partial charge in [0.2, 0.25) is 0 Å². The van der Waals surface area contributed by atoms with Gasteiger partial charge in [-0.15, -0.1) is 0 Å². The summed E-state index contributed by atoms with van der Waals surface area (Å²) in [5, 5.41) is 2.96. The van der Waals surface area contributed by atoms with Crippen molar-refractivity contribution in [2.24, 2.45) is 0 Å². The SMILES string of the molecule is CNc1ccccc1C(C)(C)F. The van der Waals surface area contributed by atoms with E-state index in [0.29, 0.717) is 5.56 Å². The number of alkyl halides is 1. The molecule has 0 atom stereocenters. The Morgan fingerprint density at radius 2 is 1.83 bits per heavy atom. The molecule has 12 heavy (non-hydrogen) atoms. The zero-order valence-electron chi connectivity index (χ0n) is 7.69. The van der Waals surface area contributed by atoms with Gasteiger partial charge in [-0.2, -0.15) is 0 Å². The molecule has 0 unspecified atom stereocenters. The molecule has 0 aliphatic heterocycles. The van der Waals surface area contributed by atoms with Gasteiger partial charge in [0.1, 0.15) is 5.67 Å². The second kappa shape index (κ2) is 3.13. The van der Waals surface area contributed by atoms with E-state index < -0.39 is 5.67 Å². The molecule has 1 rings (SSSR count). The Hall–Kier alpha value is -1.05. The van der Waals surface area contributed by atoms with Crippen LogP contribution in [-0.2, 0) is 5.67 Å². The van der Waals surface area contributed by atoms with Gasteiger partial charge < -0.3 is 5.32 Å². The number of benzene rings is 1. The highest BCUT2D eigenvalue weighted by Gasteiger charge is 2.21. The lowest BCUT2D eigenvalue weighted by Gasteiger charge is -2.18. The molecule has 0 aliphatic carbocycles. The molecule has 0 fully saturated rings. The van der Waals surface area contributed by atoms with Crippen molar-refractivity contribution in [3.05, 3.63) is 29.8 Å². The maximum atomic E-state index is 13.5. The van der Waals surface area contributed by atoms with Crippen LogP contribution in [0.1, 0.15) is 19.4 Å². The first-order valence-electron chi connectivity index (χ1n) is 4.02. The number of hydrogen-bond donors (Lipinski definition) is 1. The average molecular weight is 167 g/mol. The first-order valence-corrected chi connectivity index (χ1v) is 4.02. The monoisotopic (exact) mass is 167 g/mol. The number of para-hydroxylation sites is 1. The van der Waals surface area contributed by atoms with E-state index in [2.05, 4.69) is 5.32 Å². The molecular formula is C10H14FN. The summed E-state index contributed by atoms with van der Waals surface area (Å²) >= 11 is 0. The smallest absolute Gasteiger partial charge is 0.132 e. The average Bonchev–Trinajstić information content (AvgIpc) is 2.03. The van der Waals surface area contributed by atoms with Crippen LogP contribution in [0.25, 0.3) is 0 Å². The quantitative estimate of drug-likeness (QED) is 0.714. The third kappa shape index (κ3) is 1.76. The number of hydrogen-bond acceptors (Lipinski definition) is 1. The molecular weight excluding hydrogens is 153 g/mol. The van der Waals surface area contributed by atoms with Crippen LogP contribution in [0.15, 0.2) is 24.3 Å². The molecule has 0 radical (unpaired) electrons. The van der Waals surface area contributed by atoms with Crippen LogP contribution < -0.4 is 5.32 Å². The highest BCUT2D eigenvalue weighted by atomic mass is 19.1. The topological polar surface area (TPSA) is 12.0 Å². The van der Waals surface area contributed by atoms with Gasteiger partial charge >= 0.3 is 0 Å².